The molecule has 19 nitrogen and oxygen atoms in total. The van der Waals surface area contributed by atoms with Crippen molar-refractivity contribution in [1.29, 1.82) is 0 Å². The normalized spacial score (nSPS) is 24.2. The number of aliphatic imine (C=N–C) groups is 2. The fourth-order valence-electron chi connectivity index (χ4n) is 12.6. The molecule has 7 aliphatic rings. The maximum Gasteiger partial charge on any atom is 0.248 e. The van der Waals surface area contributed by atoms with Gasteiger partial charge in [0.1, 0.15) is 41.8 Å². The van der Waals surface area contributed by atoms with E-state index in [9.17, 15) is 14.7 Å². The van der Waals surface area contributed by atoms with Gasteiger partial charge in [0.05, 0.1) is 54.0 Å². The zero-order chi connectivity index (χ0) is 55.0. The lowest BCUT2D eigenvalue weighted by Gasteiger charge is -2.43. The number of fused-ring (bicyclic) bond motifs is 4. The van der Waals surface area contributed by atoms with Crippen molar-refractivity contribution in [3.63, 3.8) is 0 Å². The van der Waals surface area contributed by atoms with E-state index in [0.717, 1.165) is 96.4 Å². The lowest BCUT2D eigenvalue weighted by atomic mass is 9.77. The van der Waals surface area contributed by atoms with Crippen molar-refractivity contribution in [2.45, 2.75) is 121 Å². The van der Waals surface area contributed by atoms with Crippen LogP contribution in [0.2, 0.25) is 0 Å². The zero-order valence-corrected chi connectivity index (χ0v) is 45.5. The number of aliphatic hydroxyl groups excluding tert-OH is 1. The maximum absolute atomic E-state index is 16.2. The van der Waals surface area contributed by atoms with Gasteiger partial charge in [-0.25, -0.2) is 9.38 Å². The summed E-state index contributed by atoms with van der Waals surface area (Å²) in [6.45, 7) is 8.97. The predicted molar refractivity (Wildman–Crippen MR) is 301 cm³/mol. The van der Waals surface area contributed by atoms with Gasteiger partial charge in [-0.15, -0.1) is 0 Å². The van der Waals surface area contributed by atoms with E-state index >= 15 is 4.39 Å². The number of rotatable bonds is 17. The van der Waals surface area contributed by atoms with E-state index < -0.39 is 24.5 Å². The van der Waals surface area contributed by atoms with Crippen LogP contribution >= 0.6 is 0 Å². The van der Waals surface area contributed by atoms with Gasteiger partial charge in [0.25, 0.3) is 0 Å². The number of carbonyl (C=O) groups is 2. The molecule has 0 radical (unpaired) electrons. The van der Waals surface area contributed by atoms with Crippen LogP contribution in [0.15, 0.2) is 111 Å². The van der Waals surface area contributed by atoms with Crippen molar-refractivity contribution in [2.24, 2.45) is 38.7 Å². The number of aliphatic hydroxyl groups is 1. The number of amides is 2. The third-order valence-electron chi connectivity index (χ3n) is 17.0. The number of hydrogen-bond acceptors (Lipinski definition) is 16. The van der Waals surface area contributed by atoms with Gasteiger partial charge in [-0.3, -0.25) is 19.7 Å². The SMILES string of the molecule is Cc1c(F)cc2[nH]ncc2c1C1=C(C2CC2)CC2C(N3C[C@@H]4C[C@H]3CN4)=NC(OC3CCOCC3)NC2=C1OCc1ccc(/C(C=N[C@H](C(=O)N2CCC[C@H]2C(=O)N[C@@H](CO)c2ccc(-c3cccnn3)cc2)C(C)C)=N/N)cc1. The van der Waals surface area contributed by atoms with Gasteiger partial charge >= 0.3 is 0 Å². The first kappa shape index (κ1) is 53.3. The molecule has 0 spiro atoms. The van der Waals surface area contributed by atoms with Crippen LogP contribution in [0.4, 0.5) is 4.39 Å². The van der Waals surface area contributed by atoms with Crippen molar-refractivity contribution in [3.8, 4) is 11.3 Å². The molecule has 2 unspecified atom stereocenters. The summed E-state index contributed by atoms with van der Waals surface area (Å²) in [5, 5.41) is 41.3. The smallest absolute Gasteiger partial charge is 0.248 e. The summed E-state index contributed by atoms with van der Waals surface area (Å²) in [4.78, 5) is 42.6. The van der Waals surface area contributed by atoms with Crippen LogP contribution in [-0.4, -0.2) is 141 Å². The molecule has 12 rings (SSSR count). The van der Waals surface area contributed by atoms with E-state index in [1.165, 1.54) is 17.9 Å². The number of allylic oxidation sites excluding steroid dienone is 2. The van der Waals surface area contributed by atoms with Gasteiger partial charge in [0.2, 0.25) is 18.2 Å². The predicted octanol–water partition coefficient (Wildman–Crippen LogP) is 6.21. The standard InChI is InChI=1S/C60H70FN13O6/c1-33(2)54(59(77)73-21-5-7-51(73)58(76)67-50(31-75)39-16-14-37(15-17-39)47-6-4-20-65-71-47)64-29-49(70-62)38-10-8-35(9-11-38)32-79-56-53(52-34(3)46(61)26-48-45(52)28-66-72-48)43(36-12-13-36)25-44-55(56)68-60(80-42-18-22-78-23-19-42)69-57(44)74-30-40-24-41(74)27-63-40/h4,6,8-11,14-17,20,26,28-29,33,36,40-42,44,50-51,54,60,63,68,75H,5,7,12-13,18-19,21-25,27,30-32,62H2,1-3H3,(H,66,72)(H,67,76)/b64-29?,70-49+/t40-,41-,44?,50-,51-,54-,60?/m0/s1. The first-order chi connectivity index (χ1) is 39.0. The summed E-state index contributed by atoms with van der Waals surface area (Å²) in [6, 6.07) is 18.9. The lowest BCUT2D eigenvalue weighted by molar-refractivity contribution is -0.140. The molecule has 1 saturated carbocycles. The van der Waals surface area contributed by atoms with Crippen molar-refractivity contribution in [2.75, 3.05) is 39.5 Å². The molecule has 2 aromatic heterocycles. The van der Waals surface area contributed by atoms with E-state index in [4.69, 9.17) is 30.0 Å². The quantitative estimate of drug-likeness (QED) is 0.0346. The number of benzene rings is 3. The van der Waals surface area contributed by atoms with Crippen LogP contribution < -0.4 is 21.8 Å². The second-order valence-corrected chi connectivity index (χ2v) is 22.6. The Kier molecular flexibility index (Phi) is 15.3. The summed E-state index contributed by atoms with van der Waals surface area (Å²) in [5.74, 6) is 6.77. The highest BCUT2D eigenvalue weighted by molar-refractivity contribution is 6.38. The second-order valence-electron chi connectivity index (χ2n) is 22.6. The van der Waals surface area contributed by atoms with Gasteiger partial charge in [0, 0.05) is 78.8 Å². The Bertz CT molecular complexity index is 3260. The molecule has 2 bridgehead atoms. The number of piperazine rings is 1. The largest absolute Gasteiger partial charge is 0.486 e. The van der Waals surface area contributed by atoms with Crippen molar-refractivity contribution >= 4 is 46.1 Å². The van der Waals surface area contributed by atoms with Crippen molar-refractivity contribution < 1.29 is 33.3 Å². The van der Waals surface area contributed by atoms with E-state index in [2.05, 4.69) is 46.3 Å². The van der Waals surface area contributed by atoms with Crippen LogP contribution in [0.1, 0.15) is 99.1 Å². The van der Waals surface area contributed by atoms with Crippen LogP contribution in [0.5, 0.6) is 0 Å². The summed E-state index contributed by atoms with van der Waals surface area (Å²) in [7, 11) is 0. The first-order valence-corrected chi connectivity index (χ1v) is 28.3. The number of hydrazone groups is 1. The number of nitrogens with two attached hydrogens (primary N) is 1. The summed E-state index contributed by atoms with van der Waals surface area (Å²) in [5.41, 5.74) is 9.18. The van der Waals surface area contributed by atoms with Gasteiger partial charge in [-0.05, 0) is 105 Å². The van der Waals surface area contributed by atoms with Crippen LogP contribution in [-0.2, 0) is 30.4 Å². The average molecular weight is 1090 g/mol. The number of aromatic nitrogens is 4. The number of nitrogens with zero attached hydrogens (tertiary/aromatic N) is 8. The molecule has 5 aromatic rings. The first-order valence-electron chi connectivity index (χ1n) is 28.3. The molecule has 5 aliphatic heterocycles. The van der Waals surface area contributed by atoms with Crippen molar-refractivity contribution in [1.82, 2.24) is 46.1 Å². The maximum atomic E-state index is 16.2. The van der Waals surface area contributed by atoms with E-state index in [1.54, 1.807) is 17.3 Å². The number of amidine groups is 1. The van der Waals surface area contributed by atoms with Crippen LogP contribution in [0.3, 0.4) is 0 Å². The Balaban J connectivity index is 0.790. The number of carbonyl (C=O) groups excluding carboxylic acids is 2. The average Bonchev–Trinajstić information content (AvgIpc) is 3.87. The Hall–Kier alpha value is -7.39. The molecule has 4 saturated heterocycles. The summed E-state index contributed by atoms with van der Waals surface area (Å²) >= 11 is 0. The highest BCUT2D eigenvalue weighted by atomic mass is 19.1. The molecule has 7 N–H and O–H groups in total. The Morgan fingerprint density at radius 2 is 1.88 bits per heavy atom. The molecular weight excluding hydrogens is 1020 g/mol. The van der Waals surface area contributed by atoms with Crippen LogP contribution in [0, 0.1) is 30.5 Å². The molecule has 2 aliphatic carbocycles. The number of aromatic amines is 1. The molecule has 5 fully saturated rings. The minimum absolute atomic E-state index is 0.0290. The number of likely N-dealkylation sites (tertiary alicyclic amines) is 2. The Labute approximate surface area is 464 Å². The highest BCUT2D eigenvalue weighted by Gasteiger charge is 2.49. The number of ether oxygens (including phenoxy) is 3. The number of halogens is 1. The van der Waals surface area contributed by atoms with E-state index in [-0.39, 0.29) is 48.8 Å². The Morgan fingerprint density at radius 1 is 1.06 bits per heavy atom. The summed E-state index contributed by atoms with van der Waals surface area (Å²) in [6.07, 6.45) is 10.8. The molecule has 3 aromatic carbocycles. The topological polar surface area (TPSA) is 242 Å². The molecule has 20 heteroatoms. The van der Waals surface area contributed by atoms with Gasteiger partial charge in [-0.2, -0.15) is 20.4 Å². The highest BCUT2D eigenvalue weighted by Crippen LogP contribution is 2.53. The van der Waals surface area contributed by atoms with Gasteiger partial charge in [-0.1, -0.05) is 68.0 Å². The van der Waals surface area contributed by atoms with E-state index in [0.29, 0.717) is 84.4 Å². The fraction of sp³-hybridized carbons (Fsp3) is 0.467. The lowest BCUT2D eigenvalue weighted by Crippen LogP contribution is -2.54. The second kappa shape index (κ2) is 23.0. The molecule has 2 amide bonds. The number of nitrogens with one attached hydrogen (secondary N) is 4. The Morgan fingerprint density at radius 3 is 2.58 bits per heavy atom. The monoisotopic (exact) mass is 1090 g/mol. The summed E-state index contributed by atoms with van der Waals surface area (Å²) < 4.78 is 35.9. The van der Waals surface area contributed by atoms with Crippen LogP contribution in [0.25, 0.3) is 27.7 Å². The third kappa shape index (κ3) is 10.7. The molecule has 418 valence electrons. The molecule has 7 heterocycles. The third-order valence-corrected chi connectivity index (χ3v) is 17.0. The number of H-pyrrole nitrogens is 1. The minimum atomic E-state index is -0.824. The zero-order valence-electron chi connectivity index (χ0n) is 45.5. The number of hydrogen-bond donors (Lipinski definition) is 6. The van der Waals surface area contributed by atoms with Gasteiger partial charge in [0.15, 0.2) is 0 Å². The van der Waals surface area contributed by atoms with Crippen molar-refractivity contribution in [3.05, 3.63) is 130 Å². The fourth-order valence-corrected chi connectivity index (χ4v) is 12.6. The van der Waals surface area contributed by atoms with E-state index in [1.807, 2.05) is 81.4 Å². The molecule has 7 atom stereocenters. The molecular formula is C60H70FN13O6. The van der Waals surface area contributed by atoms with Gasteiger partial charge < -0.3 is 50.9 Å². The minimum Gasteiger partial charge on any atom is -0.486 e. The molecule has 80 heavy (non-hydrogen) atoms.